The fourth-order valence-electron chi connectivity index (χ4n) is 2.37. The first-order chi connectivity index (χ1) is 10.1. The lowest BCUT2D eigenvalue weighted by Crippen LogP contribution is -2.39. The number of rotatable bonds is 6. The number of hydrogen-bond donors (Lipinski definition) is 2. The predicted molar refractivity (Wildman–Crippen MR) is 86.0 cm³/mol. The number of aliphatic imine (C=N–C) groups is 1. The highest BCUT2D eigenvalue weighted by atomic mass is 19.1. The van der Waals surface area contributed by atoms with Crippen molar-refractivity contribution in [2.45, 2.75) is 45.6 Å². The summed E-state index contributed by atoms with van der Waals surface area (Å²) in [5, 5.41) is 6.63. The summed E-state index contributed by atoms with van der Waals surface area (Å²) in [6.07, 6.45) is 5.30. The maximum absolute atomic E-state index is 13.6. The van der Waals surface area contributed by atoms with Crippen LogP contribution in [0.3, 0.4) is 0 Å². The highest BCUT2D eigenvalue weighted by Gasteiger charge is 2.20. The summed E-state index contributed by atoms with van der Waals surface area (Å²) in [5.41, 5.74) is 1.60. The molecule has 2 N–H and O–H groups in total. The third-order valence-corrected chi connectivity index (χ3v) is 4.05. The van der Waals surface area contributed by atoms with Crippen molar-refractivity contribution < 1.29 is 4.39 Å². The molecule has 1 aliphatic carbocycles. The Bertz CT molecular complexity index is 495. The monoisotopic (exact) mass is 291 g/mol. The van der Waals surface area contributed by atoms with E-state index in [0.717, 1.165) is 24.0 Å². The van der Waals surface area contributed by atoms with E-state index in [0.29, 0.717) is 5.56 Å². The minimum Gasteiger partial charge on any atom is -0.356 e. The molecule has 0 amide bonds. The first-order valence-electron chi connectivity index (χ1n) is 7.83. The number of guanidine groups is 1. The van der Waals surface area contributed by atoms with Gasteiger partial charge in [-0.25, -0.2) is 4.39 Å². The molecular weight excluding hydrogens is 265 g/mol. The maximum Gasteiger partial charge on any atom is 0.191 e. The molecule has 1 aromatic rings. The standard InChI is InChI=1S/C17H26FN3/c1-12-6-9-15(11-16(12)18)13(2)21-17(19-3)20-10-4-5-14-7-8-14/h6,9,11,13-14H,4-5,7-8,10H2,1-3H3,(H2,19,20,21). The fourth-order valence-corrected chi connectivity index (χ4v) is 2.37. The molecule has 1 aliphatic rings. The van der Waals surface area contributed by atoms with Gasteiger partial charge in [-0.05, 0) is 49.8 Å². The van der Waals surface area contributed by atoms with Gasteiger partial charge >= 0.3 is 0 Å². The van der Waals surface area contributed by atoms with Gasteiger partial charge in [-0.2, -0.15) is 0 Å². The summed E-state index contributed by atoms with van der Waals surface area (Å²) in [5.74, 6) is 1.59. The Kier molecular flexibility index (Phi) is 5.59. The van der Waals surface area contributed by atoms with Gasteiger partial charge in [0.1, 0.15) is 5.82 Å². The molecule has 3 nitrogen and oxygen atoms in total. The van der Waals surface area contributed by atoms with Crippen LogP contribution < -0.4 is 10.6 Å². The largest absolute Gasteiger partial charge is 0.356 e. The van der Waals surface area contributed by atoms with Crippen LogP contribution in [0.2, 0.25) is 0 Å². The summed E-state index contributed by atoms with van der Waals surface area (Å²) in [6.45, 7) is 4.73. The lowest BCUT2D eigenvalue weighted by molar-refractivity contribution is 0.605. The zero-order valence-corrected chi connectivity index (χ0v) is 13.2. The van der Waals surface area contributed by atoms with Crippen LogP contribution in [0.25, 0.3) is 0 Å². The zero-order valence-electron chi connectivity index (χ0n) is 13.2. The maximum atomic E-state index is 13.6. The minimum absolute atomic E-state index is 0.0229. The Morgan fingerprint density at radius 1 is 1.43 bits per heavy atom. The predicted octanol–water partition coefficient (Wildman–Crippen LogP) is 3.55. The Labute approximate surface area is 127 Å². The fraction of sp³-hybridized carbons (Fsp3) is 0.588. The van der Waals surface area contributed by atoms with Crippen molar-refractivity contribution in [1.82, 2.24) is 10.6 Å². The smallest absolute Gasteiger partial charge is 0.191 e. The first kappa shape index (κ1) is 15.8. The van der Waals surface area contributed by atoms with Crippen LogP contribution in [0.4, 0.5) is 4.39 Å². The van der Waals surface area contributed by atoms with E-state index in [9.17, 15) is 4.39 Å². The molecule has 1 unspecified atom stereocenters. The minimum atomic E-state index is -0.159. The van der Waals surface area contributed by atoms with Crippen molar-refractivity contribution in [3.63, 3.8) is 0 Å². The normalized spacial score (nSPS) is 16.7. The molecule has 0 bridgehead atoms. The Morgan fingerprint density at radius 3 is 2.81 bits per heavy atom. The van der Waals surface area contributed by atoms with Crippen LogP contribution in [0, 0.1) is 18.7 Å². The van der Waals surface area contributed by atoms with Crippen molar-refractivity contribution in [2.24, 2.45) is 10.9 Å². The van der Waals surface area contributed by atoms with E-state index in [2.05, 4.69) is 15.6 Å². The van der Waals surface area contributed by atoms with Crippen molar-refractivity contribution >= 4 is 5.96 Å². The first-order valence-corrected chi connectivity index (χ1v) is 7.83. The van der Waals surface area contributed by atoms with Crippen LogP contribution in [-0.4, -0.2) is 19.6 Å². The molecular formula is C17H26FN3. The van der Waals surface area contributed by atoms with Crippen LogP contribution in [0.15, 0.2) is 23.2 Å². The number of hydrogen-bond acceptors (Lipinski definition) is 1. The number of aryl methyl sites for hydroxylation is 1. The topological polar surface area (TPSA) is 36.4 Å². The molecule has 1 atom stereocenters. The van der Waals surface area contributed by atoms with Crippen LogP contribution in [0.5, 0.6) is 0 Å². The van der Waals surface area contributed by atoms with Gasteiger partial charge in [0.25, 0.3) is 0 Å². The average molecular weight is 291 g/mol. The number of halogens is 1. The van der Waals surface area contributed by atoms with Gasteiger partial charge in [0.05, 0.1) is 6.04 Å². The van der Waals surface area contributed by atoms with Gasteiger partial charge in [0.2, 0.25) is 0 Å². The molecule has 21 heavy (non-hydrogen) atoms. The van der Waals surface area contributed by atoms with Gasteiger partial charge in [0, 0.05) is 13.6 Å². The zero-order chi connectivity index (χ0) is 15.2. The Hall–Kier alpha value is -1.58. The van der Waals surface area contributed by atoms with E-state index >= 15 is 0 Å². The second kappa shape index (κ2) is 7.43. The van der Waals surface area contributed by atoms with E-state index in [1.165, 1.54) is 25.7 Å². The molecule has 1 saturated carbocycles. The van der Waals surface area contributed by atoms with Crippen molar-refractivity contribution in [3.05, 3.63) is 35.1 Å². The summed E-state index contributed by atoms with van der Waals surface area (Å²) in [6, 6.07) is 5.38. The number of nitrogens with zero attached hydrogens (tertiary/aromatic N) is 1. The number of nitrogens with one attached hydrogen (secondary N) is 2. The molecule has 1 fully saturated rings. The van der Waals surface area contributed by atoms with Crippen LogP contribution >= 0.6 is 0 Å². The Balaban J connectivity index is 1.80. The second-order valence-corrected chi connectivity index (χ2v) is 5.96. The van der Waals surface area contributed by atoms with E-state index in [4.69, 9.17) is 0 Å². The van der Waals surface area contributed by atoms with Crippen molar-refractivity contribution in [2.75, 3.05) is 13.6 Å². The molecule has 0 saturated heterocycles. The molecule has 4 heteroatoms. The summed E-state index contributed by atoms with van der Waals surface area (Å²) < 4.78 is 13.6. The third-order valence-electron chi connectivity index (χ3n) is 4.05. The van der Waals surface area contributed by atoms with E-state index in [1.807, 2.05) is 19.1 Å². The van der Waals surface area contributed by atoms with Gasteiger partial charge in [-0.1, -0.05) is 25.0 Å². The van der Waals surface area contributed by atoms with E-state index in [-0.39, 0.29) is 11.9 Å². The van der Waals surface area contributed by atoms with Gasteiger partial charge in [-0.15, -0.1) is 0 Å². The molecule has 2 rings (SSSR count). The van der Waals surface area contributed by atoms with Crippen molar-refractivity contribution in [1.29, 1.82) is 0 Å². The van der Waals surface area contributed by atoms with E-state index < -0.39 is 0 Å². The molecule has 0 spiro atoms. The highest BCUT2D eigenvalue weighted by molar-refractivity contribution is 5.80. The summed E-state index contributed by atoms with van der Waals surface area (Å²) in [4.78, 5) is 4.23. The Morgan fingerprint density at radius 2 is 2.19 bits per heavy atom. The van der Waals surface area contributed by atoms with Crippen LogP contribution in [-0.2, 0) is 0 Å². The van der Waals surface area contributed by atoms with Gasteiger partial charge in [-0.3, -0.25) is 4.99 Å². The van der Waals surface area contributed by atoms with Crippen molar-refractivity contribution in [3.8, 4) is 0 Å². The van der Waals surface area contributed by atoms with E-state index in [1.54, 1.807) is 20.0 Å². The lowest BCUT2D eigenvalue weighted by Gasteiger charge is -2.18. The molecule has 0 heterocycles. The summed E-state index contributed by atoms with van der Waals surface area (Å²) >= 11 is 0. The average Bonchev–Trinajstić information content (AvgIpc) is 3.29. The van der Waals surface area contributed by atoms with Crippen LogP contribution in [0.1, 0.15) is 49.8 Å². The second-order valence-electron chi connectivity index (χ2n) is 5.96. The molecule has 116 valence electrons. The van der Waals surface area contributed by atoms with Gasteiger partial charge in [0.15, 0.2) is 5.96 Å². The molecule has 0 radical (unpaired) electrons. The van der Waals surface area contributed by atoms with Gasteiger partial charge < -0.3 is 10.6 Å². The SMILES string of the molecule is CN=C(NCCCC1CC1)NC(C)c1ccc(C)c(F)c1. The molecule has 0 aliphatic heterocycles. The summed E-state index contributed by atoms with van der Waals surface area (Å²) in [7, 11) is 1.76. The quantitative estimate of drug-likeness (QED) is 0.478. The third kappa shape index (κ3) is 5.03. The molecule has 0 aromatic heterocycles. The highest BCUT2D eigenvalue weighted by Crippen LogP contribution is 2.33. The molecule has 1 aromatic carbocycles. The lowest BCUT2D eigenvalue weighted by atomic mass is 10.1. The number of benzene rings is 1.